The zero-order valence-corrected chi connectivity index (χ0v) is 19.6. The van der Waals surface area contributed by atoms with E-state index < -0.39 is 44.4 Å². The number of hydrogen-bond acceptors (Lipinski definition) is 7. The van der Waals surface area contributed by atoms with Crippen LogP contribution in [0.4, 0.5) is 18.9 Å². The van der Waals surface area contributed by atoms with Crippen LogP contribution in [0.1, 0.15) is 21.5 Å². The Bertz CT molecular complexity index is 1520. The number of nitrogens with zero attached hydrogens (tertiary/aromatic N) is 1. The lowest BCUT2D eigenvalue weighted by Gasteiger charge is -2.17. The summed E-state index contributed by atoms with van der Waals surface area (Å²) in [6, 6.07) is 11.5. The van der Waals surface area contributed by atoms with Gasteiger partial charge in [-0.15, -0.1) is 13.2 Å². The number of cyclic esters (lactones) is 1. The molecule has 8 nitrogen and oxygen atoms in total. The molecule has 2 N–H and O–H groups in total. The summed E-state index contributed by atoms with van der Waals surface area (Å²) >= 11 is 2.96. The van der Waals surface area contributed by atoms with Gasteiger partial charge in [-0.3, -0.25) is 4.72 Å². The number of benzene rings is 3. The van der Waals surface area contributed by atoms with Crippen LogP contribution in [-0.2, 0) is 21.4 Å². The van der Waals surface area contributed by atoms with Crippen molar-refractivity contribution < 1.29 is 41.0 Å². The van der Waals surface area contributed by atoms with Crippen molar-refractivity contribution in [1.82, 2.24) is 0 Å². The number of esters is 1. The largest absolute Gasteiger partial charge is 0.573 e. The second kappa shape index (κ2) is 8.79. The van der Waals surface area contributed by atoms with Crippen LogP contribution in [-0.4, -0.2) is 25.9 Å². The Morgan fingerprint density at radius 3 is 2.54 bits per heavy atom. The van der Waals surface area contributed by atoms with Crippen LogP contribution in [0.5, 0.6) is 11.5 Å². The number of carbonyl (C=O) groups is 1. The number of aromatic hydroxyl groups is 1. The number of nitriles is 1. The van der Waals surface area contributed by atoms with Crippen LogP contribution in [0.3, 0.4) is 0 Å². The molecule has 3 aromatic carbocycles. The molecule has 0 aliphatic carbocycles. The average molecular weight is 569 g/mol. The number of alkyl halides is 3. The van der Waals surface area contributed by atoms with E-state index in [0.29, 0.717) is 11.1 Å². The van der Waals surface area contributed by atoms with Gasteiger partial charge in [-0.25, -0.2) is 13.2 Å². The summed E-state index contributed by atoms with van der Waals surface area (Å²) in [6.45, 7) is -0.302. The fraction of sp³-hybridized carbons (Fsp3) is 0.0909. The molecule has 13 heteroatoms. The van der Waals surface area contributed by atoms with Gasteiger partial charge in [-0.2, -0.15) is 5.26 Å². The van der Waals surface area contributed by atoms with E-state index in [1.807, 2.05) is 10.8 Å². The highest BCUT2D eigenvalue weighted by Crippen LogP contribution is 2.39. The van der Waals surface area contributed by atoms with Crippen LogP contribution in [0.15, 0.2) is 57.9 Å². The van der Waals surface area contributed by atoms with Crippen LogP contribution < -0.4 is 9.46 Å². The lowest BCUT2D eigenvalue weighted by atomic mass is 9.97. The van der Waals surface area contributed by atoms with Gasteiger partial charge < -0.3 is 14.6 Å². The zero-order valence-electron chi connectivity index (χ0n) is 17.2. The number of ether oxygens (including phenoxy) is 2. The molecule has 3 aromatic rings. The maximum Gasteiger partial charge on any atom is 0.573 e. The molecular formula is C22H12BrF3N2O6S. The van der Waals surface area contributed by atoms with Gasteiger partial charge in [0.05, 0.1) is 27.4 Å². The molecule has 0 spiro atoms. The molecule has 0 aromatic heterocycles. The molecule has 35 heavy (non-hydrogen) atoms. The molecule has 1 heterocycles. The first-order chi connectivity index (χ1) is 16.4. The number of phenols is 1. The molecule has 0 amide bonds. The molecule has 0 fully saturated rings. The number of phenolic OH excluding ortho intramolecular Hbond substituents is 1. The predicted octanol–water partition coefficient (Wildman–Crippen LogP) is 5.06. The lowest BCUT2D eigenvalue weighted by molar-refractivity contribution is -0.274. The molecule has 4 bridgehead atoms. The van der Waals surface area contributed by atoms with Crippen LogP contribution in [0.25, 0.3) is 11.1 Å². The first kappa shape index (κ1) is 24.4. The number of sulfonamides is 1. The van der Waals surface area contributed by atoms with Crippen molar-refractivity contribution in [3.05, 3.63) is 69.7 Å². The van der Waals surface area contributed by atoms with Crippen molar-refractivity contribution in [3.63, 3.8) is 0 Å². The van der Waals surface area contributed by atoms with Gasteiger partial charge >= 0.3 is 12.3 Å². The van der Waals surface area contributed by atoms with Crippen LogP contribution in [0.2, 0.25) is 0 Å². The molecule has 0 radical (unpaired) electrons. The van der Waals surface area contributed by atoms with Gasteiger partial charge in [-0.05, 0) is 69.0 Å². The fourth-order valence-corrected chi connectivity index (χ4v) is 5.15. The minimum Gasteiger partial charge on any atom is -0.505 e. The summed E-state index contributed by atoms with van der Waals surface area (Å²) in [5, 5.41) is 19.6. The highest BCUT2D eigenvalue weighted by molar-refractivity contribution is 9.10. The molecule has 0 saturated carbocycles. The molecule has 1 aliphatic rings. The highest BCUT2D eigenvalue weighted by Gasteiger charge is 2.33. The quantitative estimate of drug-likeness (QED) is 0.393. The maximum absolute atomic E-state index is 13.1. The summed E-state index contributed by atoms with van der Waals surface area (Å²) in [4.78, 5) is 11.9. The van der Waals surface area contributed by atoms with E-state index >= 15 is 0 Å². The summed E-state index contributed by atoms with van der Waals surface area (Å²) in [5.74, 6) is -2.57. The minimum atomic E-state index is -5.14. The smallest absolute Gasteiger partial charge is 0.505 e. The van der Waals surface area contributed by atoms with Gasteiger partial charge in [-0.1, -0.05) is 12.1 Å². The third-order valence-corrected chi connectivity index (χ3v) is 6.90. The van der Waals surface area contributed by atoms with E-state index in [0.717, 1.165) is 24.3 Å². The van der Waals surface area contributed by atoms with E-state index in [1.165, 1.54) is 24.3 Å². The second-order valence-corrected chi connectivity index (χ2v) is 9.73. The summed E-state index contributed by atoms with van der Waals surface area (Å²) in [6.07, 6.45) is -5.14. The maximum atomic E-state index is 13.1. The predicted molar refractivity (Wildman–Crippen MR) is 119 cm³/mol. The molecule has 180 valence electrons. The van der Waals surface area contributed by atoms with Gasteiger partial charge in [0.15, 0.2) is 5.75 Å². The van der Waals surface area contributed by atoms with Gasteiger partial charge in [0.25, 0.3) is 10.0 Å². The molecule has 0 atom stereocenters. The second-order valence-electron chi connectivity index (χ2n) is 7.23. The number of fused-ring (bicyclic) bond motifs is 6. The molecule has 1 aliphatic heterocycles. The number of carbonyl (C=O) groups excluding carboxylic acids is 1. The van der Waals surface area contributed by atoms with Crippen molar-refractivity contribution in [2.45, 2.75) is 17.9 Å². The van der Waals surface area contributed by atoms with E-state index in [4.69, 9.17) is 4.74 Å². The first-order valence-corrected chi connectivity index (χ1v) is 11.8. The van der Waals surface area contributed by atoms with Crippen molar-refractivity contribution in [3.8, 4) is 28.7 Å². The van der Waals surface area contributed by atoms with Crippen molar-refractivity contribution in [2.75, 3.05) is 4.72 Å². The van der Waals surface area contributed by atoms with Crippen molar-refractivity contribution >= 4 is 37.6 Å². The van der Waals surface area contributed by atoms with Gasteiger partial charge in [0.2, 0.25) is 0 Å². The first-order valence-electron chi connectivity index (χ1n) is 9.53. The Hall–Kier alpha value is -3.76. The summed E-state index contributed by atoms with van der Waals surface area (Å²) < 4.78 is 76.3. The number of halogens is 4. The number of nitrogens with one attached hydrogen (secondary N) is 1. The van der Waals surface area contributed by atoms with E-state index in [-0.39, 0.29) is 27.8 Å². The molecule has 0 saturated heterocycles. The molecule has 0 unspecified atom stereocenters. The number of rotatable bonds is 1. The average Bonchev–Trinajstić information content (AvgIpc) is 2.78. The Kier molecular flexibility index (Phi) is 6.12. The Morgan fingerprint density at radius 2 is 1.86 bits per heavy atom. The Balaban J connectivity index is 2.01. The Morgan fingerprint density at radius 1 is 1.11 bits per heavy atom. The van der Waals surface area contributed by atoms with E-state index in [2.05, 4.69) is 20.7 Å². The number of anilines is 1. The summed E-state index contributed by atoms with van der Waals surface area (Å²) in [5.41, 5.74) is 0.275. The van der Waals surface area contributed by atoms with Gasteiger partial charge in [0.1, 0.15) is 17.3 Å². The standard InChI is InChI=1S/C22H12BrF3N2O6S/c23-16-6-14-8-19(20(16)29)35(31,32)28-17-7-12(3-4-18(17)34-22(24,25)26)15-5-11(9-27)1-2-13(15)10-33-21(14)30/h1-8,28-29H,10H2. The third kappa shape index (κ3) is 5.03. The number of hydrogen-bond donors (Lipinski definition) is 2. The van der Waals surface area contributed by atoms with E-state index in [9.17, 15) is 36.8 Å². The summed E-state index contributed by atoms with van der Waals surface area (Å²) in [7, 11) is -4.74. The highest BCUT2D eigenvalue weighted by atomic mass is 79.9. The normalized spacial score (nSPS) is 14.7. The molecular weight excluding hydrogens is 557 g/mol. The van der Waals surface area contributed by atoms with Gasteiger partial charge in [0, 0.05) is 0 Å². The van der Waals surface area contributed by atoms with Crippen molar-refractivity contribution in [1.29, 1.82) is 5.26 Å². The third-order valence-electron chi connectivity index (χ3n) is 4.91. The SMILES string of the molecule is N#Cc1ccc2c(c1)-c1ccc(OC(F)(F)F)c(c1)NS(=O)(=O)c1cc(cc(Br)c1O)C(=O)OC2. The van der Waals surface area contributed by atoms with Crippen molar-refractivity contribution in [2.24, 2.45) is 0 Å². The minimum absolute atomic E-state index is 0.165. The fourth-order valence-electron chi connectivity index (χ4n) is 3.35. The van der Waals surface area contributed by atoms with Crippen LogP contribution >= 0.6 is 15.9 Å². The monoisotopic (exact) mass is 568 g/mol. The zero-order chi connectivity index (χ0) is 25.5. The molecule has 4 rings (SSSR count). The lowest BCUT2D eigenvalue weighted by Crippen LogP contribution is -2.20. The van der Waals surface area contributed by atoms with Crippen LogP contribution in [0, 0.1) is 11.3 Å². The topological polar surface area (TPSA) is 126 Å². The van der Waals surface area contributed by atoms with E-state index in [1.54, 1.807) is 0 Å². The Labute approximate surface area is 204 Å².